The summed E-state index contributed by atoms with van der Waals surface area (Å²) < 4.78 is 3.76. The van der Waals surface area contributed by atoms with Crippen LogP contribution >= 0.6 is 11.6 Å². The lowest BCUT2D eigenvalue weighted by molar-refractivity contribution is 0.531. The van der Waals surface area contributed by atoms with Gasteiger partial charge in [0.05, 0.1) is 23.5 Å². The summed E-state index contributed by atoms with van der Waals surface area (Å²) in [5.41, 5.74) is 7.31. The SMILES string of the molecule is Cn1ccnc1Cn1cc(NC2=NC(N)(Cc3ccccc3)C(Cl)=CN2)cn1. The van der Waals surface area contributed by atoms with Crippen molar-refractivity contribution in [3.63, 3.8) is 0 Å². The van der Waals surface area contributed by atoms with E-state index in [-0.39, 0.29) is 0 Å². The minimum absolute atomic E-state index is 0.451. The van der Waals surface area contributed by atoms with Crippen LogP contribution in [0.15, 0.2) is 71.3 Å². The highest BCUT2D eigenvalue weighted by Gasteiger charge is 2.32. The number of halogens is 1. The van der Waals surface area contributed by atoms with Crippen molar-refractivity contribution in [2.75, 3.05) is 5.32 Å². The first-order valence-corrected chi connectivity index (χ1v) is 9.21. The second-order valence-corrected chi connectivity index (χ2v) is 7.10. The number of aliphatic imine (C=N–C) groups is 1. The normalized spacial score (nSPS) is 19.0. The average molecular weight is 397 g/mol. The Labute approximate surface area is 167 Å². The molecule has 9 heteroatoms. The van der Waals surface area contributed by atoms with Crippen LogP contribution < -0.4 is 16.4 Å². The zero-order chi connectivity index (χ0) is 19.6. The van der Waals surface area contributed by atoms with Gasteiger partial charge in [0.1, 0.15) is 5.82 Å². The first kappa shape index (κ1) is 18.3. The predicted octanol–water partition coefficient (Wildman–Crippen LogP) is 2.01. The highest BCUT2D eigenvalue weighted by Crippen LogP contribution is 2.26. The van der Waals surface area contributed by atoms with Gasteiger partial charge in [-0.3, -0.25) is 4.68 Å². The summed E-state index contributed by atoms with van der Waals surface area (Å²) in [6.45, 7) is 0.575. The summed E-state index contributed by atoms with van der Waals surface area (Å²) in [5, 5.41) is 11.0. The molecule has 1 atom stereocenters. The fourth-order valence-electron chi connectivity index (χ4n) is 2.98. The maximum Gasteiger partial charge on any atom is 0.202 e. The number of imidazole rings is 1. The fraction of sp³-hybridized carbons (Fsp3) is 0.211. The molecule has 0 fully saturated rings. The summed E-state index contributed by atoms with van der Waals surface area (Å²) in [5.74, 6) is 1.43. The van der Waals surface area contributed by atoms with Crippen molar-refractivity contribution >= 4 is 23.2 Å². The molecule has 0 saturated heterocycles. The first-order valence-electron chi connectivity index (χ1n) is 8.83. The van der Waals surface area contributed by atoms with Crippen molar-refractivity contribution in [1.82, 2.24) is 24.6 Å². The van der Waals surface area contributed by atoms with Gasteiger partial charge in [0.15, 0.2) is 5.66 Å². The molecule has 0 saturated carbocycles. The average Bonchev–Trinajstić information content (AvgIpc) is 3.28. The number of hydrogen-bond donors (Lipinski definition) is 3. The van der Waals surface area contributed by atoms with Crippen LogP contribution in [-0.4, -0.2) is 31.0 Å². The molecule has 2 aromatic heterocycles. The smallest absolute Gasteiger partial charge is 0.202 e. The zero-order valence-corrected chi connectivity index (χ0v) is 16.1. The van der Waals surface area contributed by atoms with Crippen LogP contribution in [0.1, 0.15) is 11.4 Å². The van der Waals surface area contributed by atoms with Gasteiger partial charge in [-0.05, 0) is 5.56 Å². The first-order chi connectivity index (χ1) is 13.5. The Balaban J connectivity index is 1.48. The largest absolute Gasteiger partial charge is 0.336 e. The van der Waals surface area contributed by atoms with Crippen molar-refractivity contribution in [2.45, 2.75) is 18.6 Å². The molecule has 1 unspecified atom stereocenters. The summed E-state index contributed by atoms with van der Waals surface area (Å²) in [6.07, 6.45) is 9.44. The maximum atomic E-state index is 6.49. The van der Waals surface area contributed by atoms with E-state index in [2.05, 4.69) is 25.7 Å². The molecular formula is C19H21ClN8. The number of benzene rings is 1. The fourth-order valence-corrected chi connectivity index (χ4v) is 3.15. The molecule has 28 heavy (non-hydrogen) atoms. The Morgan fingerprint density at radius 1 is 1.29 bits per heavy atom. The maximum absolute atomic E-state index is 6.49. The van der Waals surface area contributed by atoms with Gasteiger partial charge in [-0.25, -0.2) is 9.98 Å². The third kappa shape index (κ3) is 3.92. The third-order valence-electron chi connectivity index (χ3n) is 4.50. The molecule has 1 aliphatic heterocycles. The summed E-state index contributed by atoms with van der Waals surface area (Å²) in [4.78, 5) is 8.91. The molecule has 8 nitrogen and oxygen atoms in total. The highest BCUT2D eigenvalue weighted by atomic mass is 35.5. The monoisotopic (exact) mass is 396 g/mol. The molecule has 0 bridgehead atoms. The van der Waals surface area contributed by atoms with E-state index in [0.29, 0.717) is 24.0 Å². The number of guanidine groups is 1. The van der Waals surface area contributed by atoms with Crippen molar-refractivity contribution in [1.29, 1.82) is 0 Å². The minimum Gasteiger partial charge on any atom is -0.336 e. The van der Waals surface area contributed by atoms with Crippen LogP contribution in [0.5, 0.6) is 0 Å². The molecular weight excluding hydrogens is 376 g/mol. The van der Waals surface area contributed by atoms with E-state index in [9.17, 15) is 0 Å². The Kier molecular flexibility index (Phi) is 4.89. The molecule has 1 aliphatic rings. The van der Waals surface area contributed by atoms with Gasteiger partial charge in [-0.2, -0.15) is 5.10 Å². The molecule has 0 amide bonds. The Morgan fingerprint density at radius 2 is 2.11 bits per heavy atom. The quantitative estimate of drug-likeness (QED) is 0.612. The van der Waals surface area contributed by atoms with Crippen LogP contribution in [0.25, 0.3) is 0 Å². The van der Waals surface area contributed by atoms with Crippen LogP contribution in [0.2, 0.25) is 0 Å². The second kappa shape index (κ2) is 7.49. The number of anilines is 1. The van der Waals surface area contributed by atoms with Crippen molar-refractivity contribution in [3.8, 4) is 0 Å². The predicted molar refractivity (Wildman–Crippen MR) is 110 cm³/mol. The highest BCUT2D eigenvalue weighted by molar-refractivity contribution is 6.31. The van der Waals surface area contributed by atoms with E-state index < -0.39 is 5.66 Å². The Hall–Kier alpha value is -3.10. The topological polar surface area (TPSA) is 98.1 Å². The molecule has 3 heterocycles. The lowest BCUT2D eigenvalue weighted by Crippen LogP contribution is -2.47. The standard InChI is InChI=1S/C19H21ClN8/c1-27-8-7-22-17(27)13-28-12-15(10-24-28)25-18-23-11-16(20)19(21,26-18)9-14-5-3-2-4-6-14/h2-8,10-12H,9,13,21H2,1H3,(H2,23,25,26). The lowest BCUT2D eigenvalue weighted by atomic mass is 10.00. The Morgan fingerprint density at radius 3 is 2.86 bits per heavy atom. The van der Waals surface area contributed by atoms with Crippen LogP contribution in [-0.2, 0) is 20.0 Å². The molecule has 4 rings (SSSR count). The van der Waals surface area contributed by atoms with E-state index in [0.717, 1.165) is 17.1 Å². The molecule has 1 aromatic carbocycles. The number of hydrogen-bond acceptors (Lipinski definition) is 6. The van der Waals surface area contributed by atoms with E-state index in [1.54, 1.807) is 23.3 Å². The number of nitrogens with two attached hydrogens (primary N) is 1. The minimum atomic E-state index is -1.03. The summed E-state index contributed by atoms with van der Waals surface area (Å²) in [7, 11) is 1.95. The van der Waals surface area contributed by atoms with Gasteiger partial charge >= 0.3 is 0 Å². The molecule has 144 valence electrons. The number of nitrogens with one attached hydrogen (secondary N) is 2. The van der Waals surface area contributed by atoms with Crippen LogP contribution in [0.4, 0.5) is 5.69 Å². The molecule has 0 spiro atoms. The summed E-state index contributed by atoms with van der Waals surface area (Å²) in [6, 6.07) is 9.91. The lowest BCUT2D eigenvalue weighted by Gasteiger charge is -2.29. The van der Waals surface area contributed by atoms with Gasteiger partial charge in [0.2, 0.25) is 5.96 Å². The van der Waals surface area contributed by atoms with Gasteiger partial charge in [-0.15, -0.1) is 0 Å². The van der Waals surface area contributed by atoms with E-state index in [1.165, 1.54) is 0 Å². The van der Waals surface area contributed by atoms with Gasteiger partial charge in [-0.1, -0.05) is 41.9 Å². The van der Waals surface area contributed by atoms with E-state index in [1.807, 2.05) is 54.3 Å². The number of rotatable bonds is 5. The number of aryl methyl sites for hydroxylation is 1. The third-order valence-corrected chi connectivity index (χ3v) is 4.93. The van der Waals surface area contributed by atoms with E-state index >= 15 is 0 Å². The van der Waals surface area contributed by atoms with Crippen molar-refractivity contribution in [3.05, 3.63) is 77.7 Å². The van der Waals surface area contributed by atoms with Crippen LogP contribution in [0, 0.1) is 0 Å². The van der Waals surface area contributed by atoms with Gasteiger partial charge in [0, 0.05) is 38.3 Å². The second-order valence-electron chi connectivity index (χ2n) is 6.69. The van der Waals surface area contributed by atoms with Gasteiger partial charge < -0.3 is 20.9 Å². The zero-order valence-electron chi connectivity index (χ0n) is 15.4. The number of aromatic nitrogens is 4. The molecule has 3 aromatic rings. The van der Waals surface area contributed by atoms with Crippen LogP contribution in [0.3, 0.4) is 0 Å². The Bertz CT molecular complexity index is 1020. The van der Waals surface area contributed by atoms with Gasteiger partial charge in [0.25, 0.3) is 0 Å². The number of nitrogens with zero attached hydrogens (tertiary/aromatic N) is 5. The molecule has 4 N–H and O–H groups in total. The van der Waals surface area contributed by atoms with Crippen molar-refractivity contribution in [2.24, 2.45) is 17.8 Å². The van der Waals surface area contributed by atoms with E-state index in [4.69, 9.17) is 17.3 Å². The summed E-state index contributed by atoms with van der Waals surface area (Å²) >= 11 is 6.35. The molecule has 0 radical (unpaired) electrons. The van der Waals surface area contributed by atoms with Crippen molar-refractivity contribution < 1.29 is 0 Å². The molecule has 0 aliphatic carbocycles.